The number of carboxylic acids is 1. The van der Waals surface area contributed by atoms with Crippen LogP contribution in [0.3, 0.4) is 0 Å². The Balaban J connectivity index is 2.18. The fourth-order valence-corrected chi connectivity index (χ4v) is 3.63. The van der Waals surface area contributed by atoms with E-state index in [2.05, 4.69) is 21.2 Å². The van der Waals surface area contributed by atoms with E-state index in [1.807, 2.05) is 26.0 Å². The Kier molecular flexibility index (Phi) is 4.48. The minimum atomic E-state index is -0.873. The van der Waals surface area contributed by atoms with Gasteiger partial charge in [0.15, 0.2) is 0 Å². The third-order valence-electron chi connectivity index (χ3n) is 3.85. The first-order chi connectivity index (χ1) is 9.40. The van der Waals surface area contributed by atoms with Crippen LogP contribution in [0, 0.1) is 25.7 Å². The second-order valence-electron chi connectivity index (χ2n) is 5.41. The molecule has 2 N–H and O–H groups in total. The van der Waals surface area contributed by atoms with Crippen LogP contribution in [-0.2, 0) is 9.59 Å². The number of amides is 1. The Bertz CT molecular complexity index is 533. The highest BCUT2D eigenvalue weighted by molar-refractivity contribution is 9.10. The van der Waals surface area contributed by atoms with Crippen LogP contribution >= 0.6 is 15.9 Å². The Morgan fingerprint density at radius 1 is 1.25 bits per heavy atom. The third kappa shape index (κ3) is 3.03. The van der Waals surface area contributed by atoms with E-state index in [0.29, 0.717) is 12.8 Å². The standard InChI is InChI=1S/C15H18BrNO3/c1-8-6-9(2)13(12(16)7-8)17-14(18)10-4-3-5-11(10)15(19)20/h6-7,10-11H,3-5H2,1-2H3,(H,17,18)(H,19,20). The number of hydrogen-bond acceptors (Lipinski definition) is 2. The topological polar surface area (TPSA) is 66.4 Å². The van der Waals surface area contributed by atoms with Crippen LogP contribution in [0.1, 0.15) is 30.4 Å². The summed E-state index contributed by atoms with van der Waals surface area (Å²) >= 11 is 3.45. The molecule has 2 atom stereocenters. The van der Waals surface area contributed by atoms with Crippen molar-refractivity contribution in [2.45, 2.75) is 33.1 Å². The molecule has 0 aromatic heterocycles. The Labute approximate surface area is 126 Å². The third-order valence-corrected chi connectivity index (χ3v) is 4.48. The van der Waals surface area contributed by atoms with E-state index >= 15 is 0 Å². The summed E-state index contributed by atoms with van der Waals surface area (Å²) in [7, 11) is 0. The molecule has 5 heteroatoms. The summed E-state index contributed by atoms with van der Waals surface area (Å²) in [6, 6.07) is 3.93. The molecule has 108 valence electrons. The zero-order chi connectivity index (χ0) is 14.9. The van der Waals surface area contributed by atoms with Gasteiger partial charge in [0, 0.05) is 4.47 Å². The zero-order valence-corrected chi connectivity index (χ0v) is 13.2. The van der Waals surface area contributed by atoms with Gasteiger partial charge >= 0.3 is 5.97 Å². The van der Waals surface area contributed by atoms with Gasteiger partial charge in [-0.3, -0.25) is 9.59 Å². The van der Waals surface area contributed by atoms with E-state index in [-0.39, 0.29) is 5.91 Å². The van der Waals surface area contributed by atoms with Gasteiger partial charge in [0.25, 0.3) is 0 Å². The second-order valence-corrected chi connectivity index (χ2v) is 6.26. The van der Waals surface area contributed by atoms with E-state index in [0.717, 1.165) is 27.7 Å². The van der Waals surface area contributed by atoms with E-state index in [9.17, 15) is 9.59 Å². The first-order valence-electron chi connectivity index (χ1n) is 6.70. The van der Waals surface area contributed by atoms with E-state index in [4.69, 9.17) is 5.11 Å². The van der Waals surface area contributed by atoms with Gasteiger partial charge in [-0.25, -0.2) is 0 Å². The minimum Gasteiger partial charge on any atom is -0.481 e. The van der Waals surface area contributed by atoms with Crippen molar-refractivity contribution in [2.24, 2.45) is 11.8 Å². The normalized spacial score (nSPS) is 21.8. The molecule has 20 heavy (non-hydrogen) atoms. The second kappa shape index (κ2) is 5.95. The fourth-order valence-electron chi connectivity index (χ4n) is 2.86. The lowest BCUT2D eigenvalue weighted by molar-refractivity contribution is -0.145. The average molecular weight is 340 g/mol. The van der Waals surface area contributed by atoms with Gasteiger partial charge in [-0.05, 0) is 59.8 Å². The highest BCUT2D eigenvalue weighted by Gasteiger charge is 2.37. The van der Waals surface area contributed by atoms with Crippen molar-refractivity contribution >= 4 is 33.5 Å². The van der Waals surface area contributed by atoms with E-state index in [1.165, 1.54) is 0 Å². The molecule has 1 aliphatic rings. The minimum absolute atomic E-state index is 0.192. The molecule has 0 radical (unpaired) electrons. The number of aryl methyl sites for hydroxylation is 2. The van der Waals surface area contributed by atoms with Gasteiger partial charge in [0.1, 0.15) is 0 Å². The number of carbonyl (C=O) groups excluding carboxylic acids is 1. The van der Waals surface area contributed by atoms with Crippen molar-refractivity contribution in [3.05, 3.63) is 27.7 Å². The molecule has 0 spiro atoms. The molecule has 1 aromatic carbocycles. The Morgan fingerprint density at radius 3 is 2.50 bits per heavy atom. The molecular weight excluding hydrogens is 322 g/mol. The van der Waals surface area contributed by atoms with Crippen LogP contribution in [0.2, 0.25) is 0 Å². The largest absolute Gasteiger partial charge is 0.481 e. The van der Waals surface area contributed by atoms with Crippen LogP contribution in [0.15, 0.2) is 16.6 Å². The summed E-state index contributed by atoms with van der Waals surface area (Å²) in [6.07, 6.45) is 2.02. The van der Waals surface area contributed by atoms with Crippen molar-refractivity contribution < 1.29 is 14.7 Å². The summed E-state index contributed by atoms with van der Waals surface area (Å²) in [5.74, 6) is -2.05. The number of rotatable bonds is 3. The smallest absolute Gasteiger partial charge is 0.307 e. The lowest BCUT2D eigenvalue weighted by Crippen LogP contribution is -2.30. The quantitative estimate of drug-likeness (QED) is 0.885. The predicted octanol–water partition coefficient (Wildman–Crippen LogP) is 3.51. The number of anilines is 1. The zero-order valence-electron chi connectivity index (χ0n) is 11.6. The lowest BCUT2D eigenvalue weighted by atomic mass is 9.95. The Hall–Kier alpha value is -1.36. The summed E-state index contributed by atoms with van der Waals surface area (Å²) in [4.78, 5) is 23.5. The highest BCUT2D eigenvalue weighted by Crippen LogP contribution is 2.34. The fraction of sp³-hybridized carbons (Fsp3) is 0.467. The van der Waals surface area contributed by atoms with Gasteiger partial charge in [0.05, 0.1) is 17.5 Å². The molecule has 0 aliphatic heterocycles. The highest BCUT2D eigenvalue weighted by atomic mass is 79.9. The molecule has 0 heterocycles. The number of nitrogens with one attached hydrogen (secondary N) is 1. The van der Waals surface area contributed by atoms with Crippen LogP contribution in [0.4, 0.5) is 5.69 Å². The predicted molar refractivity (Wildman–Crippen MR) is 80.7 cm³/mol. The number of carbonyl (C=O) groups is 2. The van der Waals surface area contributed by atoms with Crippen molar-refractivity contribution in [3.63, 3.8) is 0 Å². The van der Waals surface area contributed by atoms with Gasteiger partial charge in [-0.2, -0.15) is 0 Å². The summed E-state index contributed by atoms with van der Waals surface area (Å²) in [5.41, 5.74) is 2.81. The average Bonchev–Trinajstić information content (AvgIpc) is 2.82. The van der Waals surface area contributed by atoms with Crippen LogP contribution < -0.4 is 5.32 Å². The monoisotopic (exact) mass is 339 g/mol. The van der Waals surface area contributed by atoms with Crippen molar-refractivity contribution in [2.75, 3.05) is 5.32 Å². The van der Waals surface area contributed by atoms with E-state index in [1.54, 1.807) is 0 Å². The number of carboxylic acid groups (broad SMARTS) is 1. The molecule has 2 unspecified atom stereocenters. The molecule has 1 aromatic rings. The number of aliphatic carboxylic acids is 1. The van der Waals surface area contributed by atoms with Crippen LogP contribution in [0.5, 0.6) is 0 Å². The van der Waals surface area contributed by atoms with Crippen LogP contribution in [-0.4, -0.2) is 17.0 Å². The Morgan fingerprint density at radius 2 is 1.90 bits per heavy atom. The molecule has 2 rings (SSSR count). The maximum Gasteiger partial charge on any atom is 0.307 e. The number of hydrogen-bond donors (Lipinski definition) is 2. The van der Waals surface area contributed by atoms with Crippen LogP contribution in [0.25, 0.3) is 0 Å². The van der Waals surface area contributed by atoms with Gasteiger partial charge in [0.2, 0.25) is 5.91 Å². The molecule has 4 nitrogen and oxygen atoms in total. The maximum absolute atomic E-state index is 12.3. The maximum atomic E-state index is 12.3. The van der Waals surface area contributed by atoms with Gasteiger partial charge < -0.3 is 10.4 Å². The number of benzene rings is 1. The molecular formula is C15H18BrNO3. The van der Waals surface area contributed by atoms with Gasteiger partial charge in [-0.1, -0.05) is 12.5 Å². The summed E-state index contributed by atoms with van der Waals surface area (Å²) in [5, 5.41) is 12.0. The molecule has 1 aliphatic carbocycles. The van der Waals surface area contributed by atoms with Gasteiger partial charge in [-0.15, -0.1) is 0 Å². The first kappa shape index (κ1) is 15.0. The van der Waals surface area contributed by atoms with Crippen molar-refractivity contribution in [1.82, 2.24) is 0 Å². The SMILES string of the molecule is Cc1cc(C)c(NC(=O)C2CCCC2C(=O)O)c(Br)c1. The summed E-state index contributed by atoms with van der Waals surface area (Å²) < 4.78 is 0.827. The summed E-state index contributed by atoms with van der Waals surface area (Å²) in [6.45, 7) is 3.91. The van der Waals surface area contributed by atoms with E-state index < -0.39 is 17.8 Å². The molecule has 0 bridgehead atoms. The lowest BCUT2D eigenvalue weighted by Gasteiger charge is -2.18. The molecule has 1 saturated carbocycles. The number of halogens is 1. The van der Waals surface area contributed by atoms with Crippen molar-refractivity contribution in [1.29, 1.82) is 0 Å². The molecule has 1 amide bonds. The van der Waals surface area contributed by atoms with Crippen molar-refractivity contribution in [3.8, 4) is 0 Å². The molecule has 1 fully saturated rings. The first-order valence-corrected chi connectivity index (χ1v) is 7.50. The molecule has 0 saturated heterocycles.